The van der Waals surface area contributed by atoms with Crippen molar-refractivity contribution < 1.29 is 18.4 Å². The van der Waals surface area contributed by atoms with Crippen molar-refractivity contribution in [3.8, 4) is 11.3 Å². The molecule has 3 aromatic rings. The van der Waals surface area contributed by atoms with Gasteiger partial charge < -0.3 is 9.26 Å². The molecule has 2 heterocycles. The molecule has 2 aromatic heterocycles. The first-order valence-corrected chi connectivity index (χ1v) is 7.97. The highest BCUT2D eigenvalue weighted by molar-refractivity contribution is 7.99. The van der Waals surface area contributed by atoms with Crippen LogP contribution >= 0.6 is 11.8 Å². The van der Waals surface area contributed by atoms with Gasteiger partial charge in [0.15, 0.2) is 10.9 Å². The second-order valence-corrected chi connectivity index (χ2v) is 5.59. The highest BCUT2D eigenvalue weighted by Crippen LogP contribution is 2.23. The lowest BCUT2D eigenvalue weighted by molar-refractivity contribution is -0.141. The number of carbonyl (C=O) groups excluding carboxylic acids is 1. The topological polar surface area (TPSA) is 78.1 Å². The summed E-state index contributed by atoms with van der Waals surface area (Å²) in [6, 6.07) is 9.44. The summed E-state index contributed by atoms with van der Waals surface area (Å²) < 4.78 is 23.9. The van der Waals surface area contributed by atoms with Crippen LogP contribution in [0.4, 0.5) is 4.39 Å². The molecule has 8 heteroatoms. The van der Waals surface area contributed by atoms with Crippen LogP contribution in [0.3, 0.4) is 0 Å². The largest absolute Gasteiger partial charge is 0.458 e. The van der Waals surface area contributed by atoms with Gasteiger partial charge in [0.25, 0.3) is 0 Å². The first-order chi connectivity index (χ1) is 11.7. The molecular weight excluding hydrogens is 333 g/mol. The molecule has 0 amide bonds. The fourth-order valence-corrected chi connectivity index (χ4v) is 2.45. The molecule has 0 spiro atoms. The molecule has 0 atom stereocenters. The van der Waals surface area contributed by atoms with Gasteiger partial charge in [0.1, 0.15) is 18.1 Å². The van der Waals surface area contributed by atoms with Crippen LogP contribution in [0.5, 0.6) is 0 Å². The van der Waals surface area contributed by atoms with E-state index in [1.165, 1.54) is 17.8 Å². The fourth-order valence-electron chi connectivity index (χ4n) is 1.85. The van der Waals surface area contributed by atoms with E-state index in [4.69, 9.17) is 9.26 Å². The highest BCUT2D eigenvalue weighted by Gasteiger charge is 2.12. The van der Waals surface area contributed by atoms with Crippen LogP contribution in [0.1, 0.15) is 5.69 Å². The van der Waals surface area contributed by atoms with Crippen molar-refractivity contribution in [2.45, 2.75) is 11.8 Å². The molecule has 0 bridgehead atoms. The van der Waals surface area contributed by atoms with E-state index in [0.29, 0.717) is 16.4 Å². The smallest absolute Gasteiger partial charge is 0.316 e. The summed E-state index contributed by atoms with van der Waals surface area (Å²) in [5, 5.41) is 4.27. The number of esters is 1. The second kappa shape index (κ2) is 7.69. The minimum absolute atomic E-state index is 0.0486. The van der Waals surface area contributed by atoms with Gasteiger partial charge in [-0.15, -0.1) is 0 Å². The number of aromatic nitrogens is 3. The van der Waals surface area contributed by atoms with Crippen LogP contribution in [-0.4, -0.2) is 26.8 Å². The lowest BCUT2D eigenvalue weighted by Gasteiger charge is -2.01. The van der Waals surface area contributed by atoms with Gasteiger partial charge in [0.2, 0.25) is 0 Å². The van der Waals surface area contributed by atoms with E-state index in [1.54, 1.807) is 42.7 Å². The number of ether oxygens (including phenoxy) is 1. The van der Waals surface area contributed by atoms with Crippen molar-refractivity contribution in [3.63, 3.8) is 0 Å². The maximum absolute atomic E-state index is 13.7. The lowest BCUT2D eigenvalue weighted by Crippen LogP contribution is -2.07. The van der Waals surface area contributed by atoms with Crippen LogP contribution in [0.15, 0.2) is 58.5 Å². The molecule has 0 saturated carbocycles. The summed E-state index contributed by atoms with van der Waals surface area (Å²) >= 11 is 1.18. The van der Waals surface area contributed by atoms with Crippen LogP contribution in [-0.2, 0) is 16.1 Å². The fraction of sp³-hybridized carbons (Fsp3) is 0.125. The summed E-state index contributed by atoms with van der Waals surface area (Å²) in [6.07, 6.45) is 3.20. The van der Waals surface area contributed by atoms with Gasteiger partial charge in [-0.2, -0.15) is 0 Å². The van der Waals surface area contributed by atoms with Crippen molar-refractivity contribution in [3.05, 3.63) is 60.3 Å². The Hall–Kier alpha value is -2.74. The zero-order chi connectivity index (χ0) is 16.8. The Morgan fingerprint density at radius 2 is 2.00 bits per heavy atom. The Bertz CT molecular complexity index is 826. The third kappa shape index (κ3) is 4.17. The average molecular weight is 345 g/mol. The van der Waals surface area contributed by atoms with Gasteiger partial charge in [-0.25, -0.2) is 14.4 Å². The lowest BCUT2D eigenvalue weighted by atomic mass is 10.1. The van der Waals surface area contributed by atoms with E-state index in [2.05, 4.69) is 15.1 Å². The van der Waals surface area contributed by atoms with E-state index in [-0.39, 0.29) is 18.1 Å². The predicted octanol–water partition coefficient (Wildman–Crippen LogP) is 3.11. The van der Waals surface area contributed by atoms with E-state index < -0.39 is 11.8 Å². The van der Waals surface area contributed by atoms with Crippen molar-refractivity contribution in [2.75, 3.05) is 5.75 Å². The summed E-state index contributed by atoms with van der Waals surface area (Å²) in [4.78, 5) is 19.7. The molecule has 1 aromatic carbocycles. The molecule has 122 valence electrons. The van der Waals surface area contributed by atoms with Gasteiger partial charge >= 0.3 is 5.97 Å². The molecule has 0 aliphatic heterocycles. The minimum Gasteiger partial charge on any atom is -0.458 e. The molecule has 0 saturated heterocycles. The Morgan fingerprint density at radius 3 is 2.79 bits per heavy atom. The normalized spacial score (nSPS) is 10.5. The number of nitrogens with zero attached hydrogens (tertiary/aromatic N) is 3. The molecule has 0 radical (unpaired) electrons. The molecule has 24 heavy (non-hydrogen) atoms. The number of benzene rings is 1. The van der Waals surface area contributed by atoms with Gasteiger partial charge in [-0.05, 0) is 18.2 Å². The van der Waals surface area contributed by atoms with Crippen molar-refractivity contribution in [1.82, 2.24) is 15.1 Å². The maximum atomic E-state index is 13.7. The highest BCUT2D eigenvalue weighted by atomic mass is 32.2. The standard InChI is InChI=1S/C16H12FN3O3S/c17-13-5-2-1-4-12(13)14-8-11(20-23-14)9-22-15(21)10-24-16-18-6-3-7-19-16/h1-8H,9-10H2. The first-order valence-electron chi connectivity index (χ1n) is 6.98. The van der Waals surface area contributed by atoms with Gasteiger partial charge in [-0.3, -0.25) is 4.79 Å². The van der Waals surface area contributed by atoms with E-state index in [9.17, 15) is 9.18 Å². The van der Waals surface area contributed by atoms with Crippen LogP contribution < -0.4 is 0 Å². The minimum atomic E-state index is -0.428. The number of rotatable bonds is 6. The maximum Gasteiger partial charge on any atom is 0.316 e. The Morgan fingerprint density at radius 1 is 1.21 bits per heavy atom. The quantitative estimate of drug-likeness (QED) is 0.386. The average Bonchev–Trinajstić information content (AvgIpc) is 3.08. The van der Waals surface area contributed by atoms with E-state index >= 15 is 0 Å². The van der Waals surface area contributed by atoms with E-state index in [1.807, 2.05) is 0 Å². The third-order valence-corrected chi connectivity index (χ3v) is 3.79. The zero-order valence-electron chi connectivity index (χ0n) is 12.4. The predicted molar refractivity (Wildman–Crippen MR) is 84.4 cm³/mol. The van der Waals surface area contributed by atoms with Gasteiger partial charge in [0.05, 0.1) is 11.3 Å². The summed E-state index contributed by atoms with van der Waals surface area (Å²) in [5.74, 6) is -0.465. The summed E-state index contributed by atoms with van der Waals surface area (Å²) in [7, 11) is 0. The number of carbonyl (C=O) groups is 1. The van der Waals surface area contributed by atoms with Crippen molar-refractivity contribution >= 4 is 17.7 Å². The number of halogens is 1. The molecule has 0 unspecified atom stereocenters. The first kappa shape index (κ1) is 16.1. The van der Waals surface area contributed by atoms with Crippen molar-refractivity contribution in [1.29, 1.82) is 0 Å². The second-order valence-electron chi connectivity index (χ2n) is 4.64. The Balaban J connectivity index is 1.52. The molecule has 6 nitrogen and oxygen atoms in total. The number of hydrogen-bond acceptors (Lipinski definition) is 7. The number of hydrogen-bond donors (Lipinski definition) is 0. The molecule has 0 fully saturated rings. The number of thioether (sulfide) groups is 1. The monoisotopic (exact) mass is 345 g/mol. The van der Waals surface area contributed by atoms with Gasteiger partial charge in [0, 0.05) is 18.5 Å². The SMILES string of the molecule is O=C(CSc1ncccn1)OCc1cc(-c2ccccc2F)on1. The van der Waals surface area contributed by atoms with Crippen LogP contribution in [0, 0.1) is 5.82 Å². The molecule has 0 aliphatic rings. The third-order valence-electron chi connectivity index (χ3n) is 2.94. The molecular formula is C16H12FN3O3S. The molecule has 0 aliphatic carbocycles. The summed E-state index contributed by atoms with van der Waals surface area (Å²) in [5.41, 5.74) is 0.710. The molecule has 0 N–H and O–H groups in total. The zero-order valence-corrected chi connectivity index (χ0v) is 13.2. The Labute approximate surface area is 141 Å². The summed E-state index contributed by atoms with van der Waals surface area (Å²) in [6.45, 7) is -0.0486. The van der Waals surface area contributed by atoms with E-state index in [0.717, 1.165) is 0 Å². The molecule has 3 rings (SSSR count). The Kier molecular flexibility index (Phi) is 5.17. The van der Waals surface area contributed by atoms with Crippen molar-refractivity contribution in [2.24, 2.45) is 0 Å². The van der Waals surface area contributed by atoms with Crippen LogP contribution in [0.2, 0.25) is 0 Å². The van der Waals surface area contributed by atoms with Crippen LogP contribution in [0.25, 0.3) is 11.3 Å². The van der Waals surface area contributed by atoms with Gasteiger partial charge in [-0.1, -0.05) is 29.1 Å².